The van der Waals surface area contributed by atoms with Crippen LogP contribution in [-0.2, 0) is 0 Å². The van der Waals surface area contributed by atoms with Crippen molar-refractivity contribution in [3.8, 4) is 0 Å². The van der Waals surface area contributed by atoms with E-state index in [1.807, 2.05) is 35.7 Å². The predicted molar refractivity (Wildman–Crippen MR) is 85.8 cm³/mol. The van der Waals surface area contributed by atoms with Crippen molar-refractivity contribution in [1.29, 1.82) is 0 Å². The Morgan fingerprint density at radius 1 is 1.30 bits per heavy atom. The lowest BCUT2D eigenvalue weighted by atomic mass is 10.1. The zero-order chi connectivity index (χ0) is 14.7. The van der Waals surface area contributed by atoms with Gasteiger partial charge in [-0.05, 0) is 48.2 Å². The minimum absolute atomic E-state index is 0.00853. The molecule has 5 heteroatoms. The van der Waals surface area contributed by atoms with Crippen LogP contribution in [0.1, 0.15) is 28.9 Å². The second kappa shape index (κ2) is 6.29. The summed E-state index contributed by atoms with van der Waals surface area (Å²) in [5.74, 6) is 0.00853. The van der Waals surface area contributed by atoms with Gasteiger partial charge in [0, 0.05) is 31.4 Å². The average molecular weight is 309 g/mol. The molecule has 1 unspecified atom stereocenters. The summed E-state index contributed by atoms with van der Waals surface area (Å²) >= 11 is 7.47. The first-order chi connectivity index (χ1) is 9.47. The summed E-state index contributed by atoms with van der Waals surface area (Å²) in [4.78, 5) is 13.4. The molecule has 0 aliphatic heterocycles. The molecule has 2 aromatic rings. The van der Waals surface area contributed by atoms with Gasteiger partial charge in [-0.25, -0.2) is 0 Å². The Hall–Kier alpha value is -1.52. The lowest BCUT2D eigenvalue weighted by molar-refractivity contribution is 0.0827. The highest BCUT2D eigenvalue weighted by molar-refractivity contribution is 7.14. The smallest absolute Gasteiger partial charge is 0.253 e. The highest BCUT2D eigenvalue weighted by atomic mass is 35.5. The van der Waals surface area contributed by atoms with Crippen molar-refractivity contribution >= 4 is 34.5 Å². The Bertz CT molecular complexity index is 592. The highest BCUT2D eigenvalue weighted by Crippen LogP contribution is 2.27. The van der Waals surface area contributed by atoms with Crippen molar-refractivity contribution in [2.75, 3.05) is 19.4 Å². The van der Waals surface area contributed by atoms with Crippen LogP contribution in [0.5, 0.6) is 0 Å². The van der Waals surface area contributed by atoms with Gasteiger partial charge in [0.15, 0.2) is 0 Å². The van der Waals surface area contributed by atoms with Crippen molar-refractivity contribution in [3.05, 3.63) is 51.2 Å². The summed E-state index contributed by atoms with van der Waals surface area (Å²) in [5, 5.41) is 5.44. The summed E-state index contributed by atoms with van der Waals surface area (Å²) in [6, 6.07) is 9.64. The quantitative estimate of drug-likeness (QED) is 0.914. The lowest BCUT2D eigenvalue weighted by Gasteiger charge is -2.15. The molecule has 1 atom stereocenters. The zero-order valence-electron chi connectivity index (χ0n) is 11.7. The van der Waals surface area contributed by atoms with E-state index in [4.69, 9.17) is 11.6 Å². The molecular weight excluding hydrogens is 292 g/mol. The minimum Gasteiger partial charge on any atom is -0.378 e. The molecule has 0 aliphatic carbocycles. The van der Waals surface area contributed by atoms with Crippen molar-refractivity contribution in [2.24, 2.45) is 0 Å². The first-order valence-electron chi connectivity index (χ1n) is 6.29. The van der Waals surface area contributed by atoms with Gasteiger partial charge >= 0.3 is 0 Å². The fourth-order valence-corrected chi connectivity index (χ4v) is 2.84. The number of hydrogen-bond donors (Lipinski definition) is 1. The van der Waals surface area contributed by atoms with Crippen LogP contribution in [0.15, 0.2) is 35.7 Å². The van der Waals surface area contributed by atoms with Crippen LogP contribution >= 0.6 is 22.9 Å². The minimum atomic E-state index is 0.00853. The second-order valence-corrected chi connectivity index (χ2v) is 6.37. The average Bonchev–Trinajstić information content (AvgIpc) is 2.85. The highest BCUT2D eigenvalue weighted by Gasteiger charge is 2.10. The summed E-state index contributed by atoms with van der Waals surface area (Å²) in [6.07, 6.45) is 0. The number of carbonyl (C=O) groups is 1. The Labute approximate surface area is 128 Å². The van der Waals surface area contributed by atoms with E-state index >= 15 is 0 Å². The van der Waals surface area contributed by atoms with Gasteiger partial charge in [-0.1, -0.05) is 11.6 Å². The molecule has 0 fully saturated rings. The van der Waals surface area contributed by atoms with E-state index in [1.54, 1.807) is 19.0 Å². The van der Waals surface area contributed by atoms with Gasteiger partial charge in [0.05, 0.1) is 4.34 Å². The number of rotatable bonds is 4. The number of nitrogens with zero attached hydrogens (tertiary/aromatic N) is 1. The molecule has 1 aromatic carbocycles. The van der Waals surface area contributed by atoms with E-state index in [0.29, 0.717) is 5.56 Å². The molecule has 3 nitrogen and oxygen atoms in total. The number of hydrogen-bond acceptors (Lipinski definition) is 3. The molecule has 0 spiro atoms. The molecule has 1 heterocycles. The molecule has 0 saturated heterocycles. The first-order valence-corrected chi connectivity index (χ1v) is 7.55. The fourth-order valence-electron chi connectivity index (χ4n) is 1.85. The maximum atomic E-state index is 11.8. The fraction of sp³-hybridized carbons (Fsp3) is 0.267. The normalized spacial score (nSPS) is 12.0. The van der Waals surface area contributed by atoms with E-state index in [-0.39, 0.29) is 11.9 Å². The monoisotopic (exact) mass is 308 g/mol. The van der Waals surface area contributed by atoms with E-state index < -0.39 is 0 Å². The van der Waals surface area contributed by atoms with Crippen LogP contribution in [0.25, 0.3) is 0 Å². The summed E-state index contributed by atoms with van der Waals surface area (Å²) in [6.45, 7) is 2.08. The van der Waals surface area contributed by atoms with Crippen molar-refractivity contribution < 1.29 is 4.79 Å². The molecule has 1 amide bonds. The summed E-state index contributed by atoms with van der Waals surface area (Å²) < 4.78 is 0.792. The zero-order valence-corrected chi connectivity index (χ0v) is 13.3. The molecule has 1 N–H and O–H groups in total. The van der Waals surface area contributed by atoms with Gasteiger partial charge in [-0.2, -0.15) is 0 Å². The lowest BCUT2D eigenvalue weighted by Crippen LogP contribution is -2.21. The van der Waals surface area contributed by atoms with Crippen LogP contribution in [0.4, 0.5) is 5.69 Å². The molecule has 1 aromatic heterocycles. The van der Waals surface area contributed by atoms with Crippen molar-refractivity contribution in [1.82, 2.24) is 4.90 Å². The van der Waals surface area contributed by atoms with E-state index in [0.717, 1.165) is 15.6 Å². The molecule has 0 aliphatic rings. The van der Waals surface area contributed by atoms with Gasteiger partial charge in [0.2, 0.25) is 0 Å². The van der Waals surface area contributed by atoms with Gasteiger partial charge in [-0.3, -0.25) is 4.79 Å². The predicted octanol–water partition coefficient (Wildman–Crippen LogP) is 4.28. The summed E-state index contributed by atoms with van der Waals surface area (Å²) in [7, 11) is 3.49. The van der Waals surface area contributed by atoms with E-state index in [9.17, 15) is 4.79 Å². The van der Waals surface area contributed by atoms with Crippen LogP contribution in [0.3, 0.4) is 0 Å². The maximum absolute atomic E-state index is 11.8. The summed E-state index contributed by atoms with van der Waals surface area (Å²) in [5.41, 5.74) is 2.83. The Kier molecular flexibility index (Phi) is 4.68. The van der Waals surface area contributed by atoms with Crippen molar-refractivity contribution in [2.45, 2.75) is 13.0 Å². The van der Waals surface area contributed by atoms with Crippen LogP contribution in [0.2, 0.25) is 4.34 Å². The number of thiophene rings is 1. The molecule has 106 valence electrons. The Balaban J connectivity index is 2.05. The SMILES string of the molecule is CC(Nc1ccc(C(=O)N(C)C)cc1)c1csc(Cl)c1. The maximum Gasteiger partial charge on any atom is 0.253 e. The Morgan fingerprint density at radius 2 is 1.95 bits per heavy atom. The third kappa shape index (κ3) is 3.52. The topological polar surface area (TPSA) is 32.3 Å². The number of amides is 1. The molecule has 0 bridgehead atoms. The number of nitrogens with one attached hydrogen (secondary N) is 1. The second-order valence-electron chi connectivity index (χ2n) is 4.83. The van der Waals surface area contributed by atoms with Crippen LogP contribution in [-0.4, -0.2) is 24.9 Å². The first kappa shape index (κ1) is 14.9. The van der Waals surface area contributed by atoms with E-state index in [1.165, 1.54) is 11.3 Å². The van der Waals surface area contributed by atoms with Crippen LogP contribution < -0.4 is 5.32 Å². The van der Waals surface area contributed by atoms with Gasteiger partial charge in [0.25, 0.3) is 5.91 Å². The third-order valence-electron chi connectivity index (χ3n) is 3.01. The largest absolute Gasteiger partial charge is 0.378 e. The number of benzene rings is 1. The van der Waals surface area contributed by atoms with Crippen LogP contribution in [0, 0.1) is 0 Å². The standard InChI is InChI=1S/C15H17ClN2OS/c1-10(12-8-14(16)20-9-12)17-13-6-4-11(5-7-13)15(19)18(2)3/h4-10,17H,1-3H3. The Morgan fingerprint density at radius 3 is 2.45 bits per heavy atom. The third-order valence-corrected chi connectivity index (χ3v) is 4.12. The molecule has 20 heavy (non-hydrogen) atoms. The number of halogens is 1. The molecule has 0 saturated carbocycles. The van der Waals surface area contributed by atoms with Gasteiger partial charge in [-0.15, -0.1) is 11.3 Å². The number of anilines is 1. The van der Waals surface area contributed by atoms with Crippen molar-refractivity contribution in [3.63, 3.8) is 0 Å². The molecular formula is C15H17ClN2OS. The number of carbonyl (C=O) groups excluding carboxylic acids is 1. The molecule has 2 rings (SSSR count). The molecule has 0 radical (unpaired) electrons. The van der Waals surface area contributed by atoms with Gasteiger partial charge in [0.1, 0.15) is 0 Å². The van der Waals surface area contributed by atoms with E-state index in [2.05, 4.69) is 12.2 Å². The van der Waals surface area contributed by atoms with Gasteiger partial charge < -0.3 is 10.2 Å².